The first-order chi connectivity index (χ1) is 16.7. The second-order valence-corrected chi connectivity index (χ2v) is 7.98. The van der Waals surface area contributed by atoms with Crippen molar-refractivity contribution in [3.8, 4) is 28.4 Å². The number of anilines is 1. The molecule has 4 aromatic rings. The summed E-state index contributed by atoms with van der Waals surface area (Å²) in [7, 11) is 1.62. The molecule has 0 spiro atoms. The molecule has 8 nitrogen and oxygen atoms in total. The molecule has 0 unspecified atom stereocenters. The Labute approximate surface area is 196 Å². The third-order valence-electron chi connectivity index (χ3n) is 5.72. The zero-order valence-corrected chi connectivity index (χ0v) is 18.7. The third-order valence-corrected chi connectivity index (χ3v) is 5.72. The standard InChI is InChI=1S/C26H24N4O4/c1-32-22-6-8-24-18(11-22)10-19(15-33-24)26(31)30-23-7-5-17(20-13-28-29-14-20)12-25(23)34-16-21-4-2-3-9-27-21/h2-9,11-14,19H,10,15-16H2,1H3,(H,28,29)(H,30,31)/t19-/m0/s1. The fourth-order valence-corrected chi connectivity index (χ4v) is 3.87. The van der Waals surface area contributed by atoms with E-state index in [4.69, 9.17) is 14.2 Å². The topological polar surface area (TPSA) is 98.4 Å². The number of amides is 1. The van der Waals surface area contributed by atoms with Crippen LogP contribution >= 0.6 is 0 Å². The van der Waals surface area contributed by atoms with Crippen LogP contribution in [0.4, 0.5) is 5.69 Å². The molecular formula is C26H24N4O4. The van der Waals surface area contributed by atoms with E-state index in [1.54, 1.807) is 25.7 Å². The van der Waals surface area contributed by atoms with Crippen molar-refractivity contribution in [3.05, 3.63) is 84.4 Å². The van der Waals surface area contributed by atoms with Crippen LogP contribution in [-0.2, 0) is 17.8 Å². The van der Waals surface area contributed by atoms with E-state index in [1.165, 1.54) is 0 Å². The van der Waals surface area contributed by atoms with Gasteiger partial charge in [-0.05, 0) is 60.0 Å². The van der Waals surface area contributed by atoms with Gasteiger partial charge in [-0.15, -0.1) is 0 Å². The minimum Gasteiger partial charge on any atom is -0.497 e. The maximum atomic E-state index is 13.2. The van der Waals surface area contributed by atoms with Crippen LogP contribution in [-0.4, -0.2) is 34.8 Å². The first-order valence-corrected chi connectivity index (χ1v) is 11.0. The summed E-state index contributed by atoms with van der Waals surface area (Å²) in [5.74, 6) is 1.61. The van der Waals surface area contributed by atoms with Gasteiger partial charge in [0.05, 0.1) is 30.6 Å². The van der Waals surface area contributed by atoms with Crippen molar-refractivity contribution in [1.29, 1.82) is 0 Å². The number of carbonyl (C=O) groups is 1. The molecule has 0 bridgehead atoms. The maximum absolute atomic E-state index is 13.2. The first-order valence-electron chi connectivity index (χ1n) is 11.0. The van der Waals surface area contributed by atoms with Gasteiger partial charge in [-0.25, -0.2) is 0 Å². The van der Waals surface area contributed by atoms with Gasteiger partial charge in [0.15, 0.2) is 0 Å². The van der Waals surface area contributed by atoms with Crippen LogP contribution in [0, 0.1) is 5.92 Å². The lowest BCUT2D eigenvalue weighted by Gasteiger charge is -2.25. The summed E-state index contributed by atoms with van der Waals surface area (Å²) < 4.78 is 17.2. The summed E-state index contributed by atoms with van der Waals surface area (Å²) in [5.41, 5.74) is 4.17. The number of nitrogens with zero attached hydrogens (tertiary/aromatic N) is 2. The van der Waals surface area contributed by atoms with Crippen LogP contribution < -0.4 is 19.5 Å². The molecule has 8 heteroatoms. The van der Waals surface area contributed by atoms with Gasteiger partial charge in [0.2, 0.25) is 5.91 Å². The average molecular weight is 457 g/mol. The highest BCUT2D eigenvalue weighted by atomic mass is 16.5. The number of aromatic amines is 1. The summed E-state index contributed by atoms with van der Waals surface area (Å²) in [4.78, 5) is 17.5. The Bertz CT molecular complexity index is 1280. The number of hydrogen-bond donors (Lipinski definition) is 2. The minimum atomic E-state index is -0.336. The van der Waals surface area contributed by atoms with Crippen LogP contribution in [0.1, 0.15) is 11.3 Å². The van der Waals surface area contributed by atoms with Crippen molar-refractivity contribution in [2.45, 2.75) is 13.0 Å². The SMILES string of the molecule is COc1ccc2c(c1)C[C@H](C(=O)Nc1ccc(-c3cn[nH]c3)cc1OCc1ccccn1)CO2. The Kier molecular flexibility index (Phi) is 6.11. The summed E-state index contributed by atoms with van der Waals surface area (Å²) in [6.07, 6.45) is 5.83. The Morgan fingerprint density at radius 3 is 2.91 bits per heavy atom. The Balaban J connectivity index is 1.36. The Morgan fingerprint density at radius 1 is 1.18 bits per heavy atom. The Morgan fingerprint density at radius 2 is 2.12 bits per heavy atom. The number of pyridine rings is 1. The van der Waals surface area contributed by atoms with Gasteiger partial charge in [0.1, 0.15) is 30.5 Å². The molecule has 172 valence electrons. The molecule has 1 atom stereocenters. The van der Waals surface area contributed by atoms with Gasteiger partial charge in [0.25, 0.3) is 0 Å². The van der Waals surface area contributed by atoms with E-state index >= 15 is 0 Å². The van der Waals surface area contributed by atoms with Crippen LogP contribution in [0.3, 0.4) is 0 Å². The Hall–Kier alpha value is -4.33. The van der Waals surface area contributed by atoms with E-state index in [0.717, 1.165) is 33.9 Å². The van der Waals surface area contributed by atoms with Gasteiger partial charge in [-0.3, -0.25) is 14.9 Å². The largest absolute Gasteiger partial charge is 0.497 e. The molecule has 1 amide bonds. The fraction of sp³-hybridized carbons (Fsp3) is 0.192. The van der Waals surface area contributed by atoms with Gasteiger partial charge in [0, 0.05) is 18.0 Å². The number of methoxy groups -OCH3 is 1. The lowest BCUT2D eigenvalue weighted by atomic mass is 9.95. The van der Waals surface area contributed by atoms with Gasteiger partial charge in [-0.2, -0.15) is 5.10 Å². The normalized spacial score (nSPS) is 14.6. The maximum Gasteiger partial charge on any atom is 0.231 e. The fourth-order valence-electron chi connectivity index (χ4n) is 3.87. The number of benzene rings is 2. The predicted molar refractivity (Wildman–Crippen MR) is 127 cm³/mol. The van der Waals surface area contributed by atoms with Crippen LogP contribution in [0.25, 0.3) is 11.1 Å². The molecule has 2 N–H and O–H groups in total. The monoisotopic (exact) mass is 456 g/mol. The van der Waals surface area contributed by atoms with Crippen molar-refractivity contribution < 1.29 is 19.0 Å². The smallest absolute Gasteiger partial charge is 0.231 e. The lowest BCUT2D eigenvalue weighted by molar-refractivity contribution is -0.121. The molecule has 0 radical (unpaired) electrons. The number of H-pyrrole nitrogens is 1. The molecule has 2 aromatic heterocycles. The molecule has 3 heterocycles. The highest BCUT2D eigenvalue weighted by Crippen LogP contribution is 2.34. The number of hydrogen-bond acceptors (Lipinski definition) is 6. The van der Waals surface area contributed by atoms with E-state index in [0.29, 0.717) is 24.5 Å². The summed E-state index contributed by atoms with van der Waals surface area (Å²) in [6, 6.07) is 17.0. The molecule has 34 heavy (non-hydrogen) atoms. The lowest BCUT2D eigenvalue weighted by Crippen LogP contribution is -2.32. The third kappa shape index (κ3) is 4.71. The van der Waals surface area contributed by atoms with Crippen molar-refractivity contribution in [2.75, 3.05) is 19.0 Å². The van der Waals surface area contributed by atoms with Gasteiger partial charge >= 0.3 is 0 Å². The summed E-state index contributed by atoms with van der Waals surface area (Å²) in [5, 5.41) is 9.86. The van der Waals surface area contributed by atoms with Crippen molar-refractivity contribution in [2.24, 2.45) is 5.92 Å². The van der Waals surface area contributed by atoms with E-state index in [-0.39, 0.29) is 18.4 Å². The number of rotatable bonds is 7. The van der Waals surface area contributed by atoms with E-state index < -0.39 is 0 Å². The molecular weight excluding hydrogens is 432 g/mol. The number of aromatic nitrogens is 3. The number of carbonyl (C=O) groups excluding carboxylic acids is 1. The molecule has 2 aromatic carbocycles. The van der Waals surface area contributed by atoms with E-state index in [1.807, 2.05) is 54.6 Å². The number of ether oxygens (including phenoxy) is 3. The van der Waals surface area contributed by atoms with Crippen LogP contribution in [0.5, 0.6) is 17.2 Å². The zero-order chi connectivity index (χ0) is 23.3. The predicted octanol–water partition coefficient (Wildman–Crippen LogP) is 4.25. The second-order valence-electron chi connectivity index (χ2n) is 7.98. The van der Waals surface area contributed by atoms with Crippen LogP contribution in [0.15, 0.2) is 73.2 Å². The van der Waals surface area contributed by atoms with Crippen molar-refractivity contribution >= 4 is 11.6 Å². The van der Waals surface area contributed by atoms with Crippen molar-refractivity contribution in [3.63, 3.8) is 0 Å². The molecule has 0 saturated carbocycles. The highest BCUT2D eigenvalue weighted by molar-refractivity contribution is 5.95. The quantitative estimate of drug-likeness (QED) is 0.431. The van der Waals surface area contributed by atoms with Crippen LogP contribution in [0.2, 0.25) is 0 Å². The minimum absolute atomic E-state index is 0.132. The molecule has 1 aliphatic rings. The summed E-state index contributed by atoms with van der Waals surface area (Å²) >= 11 is 0. The zero-order valence-electron chi connectivity index (χ0n) is 18.7. The molecule has 0 fully saturated rings. The molecule has 5 rings (SSSR count). The van der Waals surface area contributed by atoms with Crippen molar-refractivity contribution in [1.82, 2.24) is 15.2 Å². The molecule has 0 saturated heterocycles. The first kappa shape index (κ1) is 21.5. The molecule has 0 aliphatic carbocycles. The van der Waals surface area contributed by atoms with Gasteiger partial charge in [-0.1, -0.05) is 12.1 Å². The molecule has 1 aliphatic heterocycles. The average Bonchev–Trinajstić information content (AvgIpc) is 3.43. The van der Waals surface area contributed by atoms with Gasteiger partial charge < -0.3 is 19.5 Å². The number of nitrogens with one attached hydrogen (secondary N) is 2. The van der Waals surface area contributed by atoms with E-state index in [9.17, 15) is 4.79 Å². The summed E-state index contributed by atoms with van der Waals surface area (Å²) in [6.45, 7) is 0.584. The second kappa shape index (κ2) is 9.66. The van der Waals surface area contributed by atoms with E-state index in [2.05, 4.69) is 20.5 Å². The number of fused-ring (bicyclic) bond motifs is 1. The highest BCUT2D eigenvalue weighted by Gasteiger charge is 2.27.